The Morgan fingerprint density at radius 3 is 2.48 bits per heavy atom. The average molecular weight is 759 g/mol. The summed E-state index contributed by atoms with van der Waals surface area (Å²) < 4.78 is 6.80. The number of hydrogen-bond acceptors (Lipinski definition) is 8. The maximum Gasteiger partial charge on any atom is 0.319 e. The summed E-state index contributed by atoms with van der Waals surface area (Å²) in [4.78, 5) is 70.3. The van der Waals surface area contributed by atoms with Gasteiger partial charge < -0.3 is 35.9 Å². The van der Waals surface area contributed by atoms with E-state index in [2.05, 4.69) is 50.1 Å². The number of aromatic amines is 1. The van der Waals surface area contributed by atoms with Crippen molar-refractivity contribution in [1.82, 2.24) is 30.3 Å². The number of ether oxygens (including phenoxy) is 1. The fraction of sp³-hybridized carbons (Fsp3) is 0.286. The zero-order valence-corrected chi connectivity index (χ0v) is 32.0. The maximum atomic E-state index is 13.2. The van der Waals surface area contributed by atoms with Gasteiger partial charge in [0.05, 0.1) is 29.3 Å². The van der Waals surface area contributed by atoms with Crippen molar-refractivity contribution in [2.75, 3.05) is 43.4 Å². The van der Waals surface area contributed by atoms with Crippen molar-refractivity contribution in [3.8, 4) is 5.75 Å². The van der Waals surface area contributed by atoms with Crippen LogP contribution in [0.4, 0.5) is 16.2 Å². The standard InChI is InChI=1S/C42H46N8O6/c1-5-49(6-2)21-20-43-41(54)39-26(3)35(46-27(39)4)24-33-32-23-31(14-15-34(32)48-40(33)53)56-38(52)17-16-37(51)50-36-22-30(13-12-29(36)25-45-50)47-42(55)44-19-18-28-10-8-7-9-11-28/h7-15,22-25,46H,5-6,16-21H2,1-4H3,(H,43,54)(H,48,53)(H2,44,47,55)/b33-24-. The molecule has 6 rings (SSSR count). The van der Waals surface area contributed by atoms with Gasteiger partial charge in [0.15, 0.2) is 0 Å². The Labute approximate surface area is 324 Å². The van der Waals surface area contributed by atoms with Crippen LogP contribution in [0.5, 0.6) is 5.75 Å². The lowest BCUT2D eigenvalue weighted by Gasteiger charge is -2.18. The third kappa shape index (κ3) is 9.21. The van der Waals surface area contributed by atoms with E-state index in [1.165, 1.54) is 4.68 Å². The molecule has 0 spiro atoms. The Balaban J connectivity index is 1.06. The predicted molar refractivity (Wildman–Crippen MR) is 216 cm³/mol. The molecule has 14 heteroatoms. The summed E-state index contributed by atoms with van der Waals surface area (Å²) in [5.41, 5.74) is 6.05. The smallest absolute Gasteiger partial charge is 0.319 e. The molecule has 1 aliphatic heterocycles. The summed E-state index contributed by atoms with van der Waals surface area (Å²) >= 11 is 0. The molecule has 56 heavy (non-hydrogen) atoms. The minimum Gasteiger partial charge on any atom is -0.426 e. The first-order valence-corrected chi connectivity index (χ1v) is 18.7. The van der Waals surface area contributed by atoms with Gasteiger partial charge in [-0.1, -0.05) is 44.2 Å². The highest BCUT2D eigenvalue weighted by Crippen LogP contribution is 2.36. The number of nitrogens with zero attached hydrogens (tertiary/aromatic N) is 3. The van der Waals surface area contributed by atoms with Gasteiger partial charge in [-0.15, -0.1) is 0 Å². The largest absolute Gasteiger partial charge is 0.426 e. The van der Waals surface area contributed by atoms with Gasteiger partial charge in [0.1, 0.15) is 5.75 Å². The van der Waals surface area contributed by atoms with Crippen molar-refractivity contribution in [3.05, 3.63) is 107 Å². The van der Waals surface area contributed by atoms with Gasteiger partial charge in [0, 0.05) is 59.8 Å². The van der Waals surface area contributed by atoms with Crippen LogP contribution in [0, 0.1) is 13.8 Å². The molecule has 0 unspecified atom stereocenters. The van der Waals surface area contributed by atoms with Crippen LogP contribution in [-0.2, 0) is 16.0 Å². The number of carbonyl (C=O) groups excluding carboxylic acids is 5. The molecule has 290 valence electrons. The molecule has 1 aliphatic rings. The van der Waals surface area contributed by atoms with Crippen molar-refractivity contribution in [2.45, 2.75) is 47.0 Å². The summed E-state index contributed by atoms with van der Waals surface area (Å²) in [5, 5.41) is 16.4. The van der Waals surface area contributed by atoms with Gasteiger partial charge in [-0.3, -0.25) is 19.2 Å². The van der Waals surface area contributed by atoms with Crippen LogP contribution in [0.2, 0.25) is 0 Å². The lowest BCUT2D eigenvalue weighted by atomic mass is 10.0. The first-order chi connectivity index (χ1) is 27.0. The maximum absolute atomic E-state index is 13.2. The minimum atomic E-state index is -0.639. The number of urea groups is 1. The lowest BCUT2D eigenvalue weighted by Crippen LogP contribution is -2.35. The number of esters is 1. The molecule has 3 aromatic carbocycles. The van der Waals surface area contributed by atoms with E-state index in [0.717, 1.165) is 25.2 Å². The summed E-state index contributed by atoms with van der Waals surface area (Å²) in [5.74, 6) is -1.38. The summed E-state index contributed by atoms with van der Waals surface area (Å²) in [6.45, 7) is 11.3. The lowest BCUT2D eigenvalue weighted by molar-refractivity contribution is -0.134. The molecule has 4 amide bonds. The number of aromatic nitrogens is 3. The quantitative estimate of drug-likeness (QED) is 0.0495. The number of fused-ring (bicyclic) bond motifs is 2. The molecule has 0 saturated carbocycles. The molecule has 2 aromatic heterocycles. The summed E-state index contributed by atoms with van der Waals surface area (Å²) in [7, 11) is 0. The monoisotopic (exact) mass is 758 g/mol. The second-order valence-corrected chi connectivity index (χ2v) is 13.5. The molecular weight excluding hydrogens is 713 g/mol. The highest BCUT2D eigenvalue weighted by molar-refractivity contribution is 6.35. The van der Waals surface area contributed by atoms with Gasteiger partial charge in [-0.25, -0.2) is 9.48 Å². The zero-order valence-electron chi connectivity index (χ0n) is 32.0. The van der Waals surface area contributed by atoms with Crippen LogP contribution < -0.4 is 26.0 Å². The zero-order chi connectivity index (χ0) is 39.8. The average Bonchev–Trinajstić information content (AvgIpc) is 3.84. The molecule has 0 fully saturated rings. The third-order valence-corrected chi connectivity index (χ3v) is 9.76. The first kappa shape index (κ1) is 39.2. The van der Waals surface area contributed by atoms with Gasteiger partial charge >= 0.3 is 12.0 Å². The Hall–Kier alpha value is -6.54. The van der Waals surface area contributed by atoms with Crippen molar-refractivity contribution < 1.29 is 28.7 Å². The summed E-state index contributed by atoms with van der Waals surface area (Å²) in [6.07, 6.45) is 3.52. The van der Waals surface area contributed by atoms with Crippen LogP contribution in [-0.4, -0.2) is 82.1 Å². The number of amides is 4. The molecule has 0 atom stereocenters. The van der Waals surface area contributed by atoms with Crippen molar-refractivity contribution in [3.63, 3.8) is 0 Å². The number of rotatable bonds is 15. The number of hydrogen-bond donors (Lipinski definition) is 5. The Morgan fingerprint density at radius 2 is 1.71 bits per heavy atom. The van der Waals surface area contributed by atoms with Crippen molar-refractivity contribution in [1.29, 1.82) is 0 Å². The number of nitrogens with one attached hydrogen (secondary N) is 5. The second-order valence-electron chi connectivity index (χ2n) is 13.5. The molecule has 3 heterocycles. The topological polar surface area (TPSA) is 180 Å². The molecule has 5 N–H and O–H groups in total. The fourth-order valence-electron chi connectivity index (χ4n) is 6.67. The fourth-order valence-corrected chi connectivity index (χ4v) is 6.67. The molecule has 0 bridgehead atoms. The van der Waals surface area contributed by atoms with E-state index in [1.54, 1.807) is 48.7 Å². The Morgan fingerprint density at radius 1 is 0.929 bits per heavy atom. The van der Waals surface area contributed by atoms with E-state index in [4.69, 9.17) is 4.74 Å². The Bertz CT molecular complexity index is 2300. The Kier molecular flexibility index (Phi) is 12.4. The summed E-state index contributed by atoms with van der Waals surface area (Å²) in [6, 6.07) is 19.4. The second kappa shape index (κ2) is 17.7. The normalized spacial score (nSPS) is 12.8. The minimum absolute atomic E-state index is 0.180. The van der Waals surface area contributed by atoms with Crippen LogP contribution in [0.1, 0.15) is 69.9 Å². The molecular formula is C42H46N8O6. The first-order valence-electron chi connectivity index (χ1n) is 18.7. The van der Waals surface area contributed by atoms with E-state index in [9.17, 15) is 24.0 Å². The molecule has 14 nitrogen and oxygen atoms in total. The van der Waals surface area contributed by atoms with Crippen LogP contribution >= 0.6 is 0 Å². The number of aryl methyl sites for hydroxylation is 1. The number of benzene rings is 3. The SMILES string of the molecule is CCN(CC)CCNC(=O)c1c(C)[nH]c(/C=C2\C(=O)Nc3ccc(OC(=O)CCC(=O)n4ncc5ccc(NC(=O)NCCc6ccccc6)cc54)cc32)c1C. The molecule has 0 radical (unpaired) electrons. The van der Waals surface area contributed by atoms with Crippen LogP contribution in [0.15, 0.2) is 72.9 Å². The molecule has 0 saturated heterocycles. The van der Waals surface area contributed by atoms with Crippen molar-refractivity contribution in [2.24, 2.45) is 0 Å². The van der Waals surface area contributed by atoms with Gasteiger partial charge in [-0.2, -0.15) is 5.10 Å². The highest BCUT2D eigenvalue weighted by atomic mass is 16.5. The van der Waals surface area contributed by atoms with E-state index >= 15 is 0 Å². The third-order valence-electron chi connectivity index (χ3n) is 9.76. The number of anilines is 2. The van der Waals surface area contributed by atoms with Gasteiger partial charge in [0.25, 0.3) is 11.8 Å². The number of carbonyl (C=O) groups is 5. The number of H-pyrrole nitrogens is 1. The van der Waals surface area contributed by atoms with E-state index in [0.29, 0.717) is 75.4 Å². The van der Waals surface area contributed by atoms with Crippen molar-refractivity contribution >= 4 is 63.6 Å². The van der Waals surface area contributed by atoms with Crippen LogP contribution in [0.3, 0.4) is 0 Å². The molecule has 0 aliphatic carbocycles. The predicted octanol–water partition coefficient (Wildman–Crippen LogP) is 5.94. The van der Waals surface area contributed by atoms with Gasteiger partial charge in [-0.05, 0) is 87.0 Å². The molecule has 5 aromatic rings. The number of likely N-dealkylation sites (N-methyl/N-ethyl adjacent to an activating group) is 1. The van der Waals surface area contributed by atoms with Gasteiger partial charge in [0.2, 0.25) is 5.91 Å². The van der Waals surface area contributed by atoms with E-state index in [1.807, 2.05) is 44.2 Å². The van der Waals surface area contributed by atoms with Crippen LogP contribution in [0.25, 0.3) is 22.6 Å². The van der Waals surface area contributed by atoms with E-state index < -0.39 is 11.9 Å². The highest BCUT2D eigenvalue weighted by Gasteiger charge is 2.27. The van der Waals surface area contributed by atoms with E-state index in [-0.39, 0.29) is 36.4 Å².